The fourth-order valence-electron chi connectivity index (χ4n) is 2.36. The Bertz CT molecular complexity index is 499. The predicted octanol–water partition coefficient (Wildman–Crippen LogP) is 1.61. The second kappa shape index (κ2) is 4.86. The van der Waals surface area contributed by atoms with Crippen LogP contribution in [0.3, 0.4) is 0 Å². The normalized spacial score (nSPS) is 18.1. The number of rotatable bonds is 2. The summed E-state index contributed by atoms with van der Waals surface area (Å²) in [6.45, 7) is 2.26. The third kappa shape index (κ3) is 2.26. The fourth-order valence-corrected chi connectivity index (χ4v) is 2.36. The van der Waals surface area contributed by atoms with Crippen LogP contribution in [0.15, 0.2) is 30.7 Å². The summed E-state index contributed by atoms with van der Waals surface area (Å²) < 4.78 is 2.01. The molecule has 0 amide bonds. The molecule has 0 aliphatic carbocycles. The van der Waals surface area contributed by atoms with Crippen LogP contribution in [0.25, 0.3) is 11.3 Å². The number of likely N-dealkylation sites (tertiary alicyclic amines) is 1. The first-order valence-electron chi connectivity index (χ1n) is 6.34. The highest BCUT2D eigenvalue weighted by atomic mass is 15.4. The van der Waals surface area contributed by atoms with Gasteiger partial charge in [-0.3, -0.25) is 4.98 Å². The topological polar surface area (TPSA) is 46.8 Å². The standard InChI is InChI=1S/C13H17N5/c1-17-7-4-12(5-8-17)18-10-13(15-16-18)11-3-2-6-14-9-11/h2-3,6,9-10,12H,4-5,7-8H2,1H3. The van der Waals surface area contributed by atoms with Crippen molar-refractivity contribution >= 4 is 0 Å². The second-order valence-electron chi connectivity index (χ2n) is 4.86. The molecule has 0 saturated carbocycles. The van der Waals surface area contributed by atoms with Crippen LogP contribution in [0.1, 0.15) is 18.9 Å². The Kier molecular flexibility index (Phi) is 3.06. The van der Waals surface area contributed by atoms with E-state index in [0.29, 0.717) is 6.04 Å². The number of hydrogen-bond acceptors (Lipinski definition) is 4. The average molecular weight is 243 g/mol. The van der Waals surface area contributed by atoms with Gasteiger partial charge in [0.05, 0.1) is 12.2 Å². The monoisotopic (exact) mass is 243 g/mol. The number of nitrogens with zero attached hydrogens (tertiary/aromatic N) is 5. The first-order chi connectivity index (χ1) is 8.83. The van der Waals surface area contributed by atoms with E-state index in [2.05, 4.69) is 27.2 Å². The van der Waals surface area contributed by atoms with Crippen LogP contribution in [0, 0.1) is 0 Å². The van der Waals surface area contributed by atoms with Gasteiger partial charge in [-0.2, -0.15) is 0 Å². The molecule has 1 aliphatic heterocycles. The summed E-state index contributed by atoms with van der Waals surface area (Å²) in [5, 5.41) is 8.50. The molecule has 0 N–H and O–H groups in total. The molecule has 2 aromatic rings. The summed E-state index contributed by atoms with van der Waals surface area (Å²) in [5.74, 6) is 0. The van der Waals surface area contributed by atoms with Crippen LogP contribution < -0.4 is 0 Å². The highest BCUT2D eigenvalue weighted by Gasteiger charge is 2.19. The molecule has 0 spiro atoms. The molecule has 18 heavy (non-hydrogen) atoms. The van der Waals surface area contributed by atoms with Crippen molar-refractivity contribution < 1.29 is 0 Å². The fraction of sp³-hybridized carbons (Fsp3) is 0.462. The van der Waals surface area contributed by atoms with Gasteiger partial charge in [0.15, 0.2) is 0 Å². The van der Waals surface area contributed by atoms with Gasteiger partial charge in [0.2, 0.25) is 0 Å². The maximum absolute atomic E-state index is 4.26. The molecule has 94 valence electrons. The molecule has 0 atom stereocenters. The van der Waals surface area contributed by atoms with Crippen molar-refractivity contribution in [2.75, 3.05) is 20.1 Å². The summed E-state index contributed by atoms with van der Waals surface area (Å²) >= 11 is 0. The molecule has 2 aromatic heterocycles. The molecule has 5 nitrogen and oxygen atoms in total. The van der Waals surface area contributed by atoms with Crippen molar-refractivity contribution in [3.63, 3.8) is 0 Å². The Morgan fingerprint density at radius 1 is 1.28 bits per heavy atom. The molecular formula is C13H17N5. The Morgan fingerprint density at radius 2 is 2.11 bits per heavy atom. The van der Waals surface area contributed by atoms with Crippen molar-refractivity contribution in [2.45, 2.75) is 18.9 Å². The zero-order valence-corrected chi connectivity index (χ0v) is 10.5. The molecule has 5 heteroatoms. The SMILES string of the molecule is CN1CCC(n2cc(-c3cccnc3)nn2)CC1. The van der Waals surface area contributed by atoms with Crippen LogP contribution in [-0.2, 0) is 0 Å². The van der Waals surface area contributed by atoms with E-state index in [1.54, 1.807) is 6.20 Å². The van der Waals surface area contributed by atoms with Gasteiger partial charge in [0.1, 0.15) is 5.69 Å². The van der Waals surface area contributed by atoms with Crippen LogP contribution in [-0.4, -0.2) is 45.0 Å². The van der Waals surface area contributed by atoms with Gasteiger partial charge < -0.3 is 4.90 Å². The van der Waals surface area contributed by atoms with Gasteiger partial charge in [-0.25, -0.2) is 4.68 Å². The third-order valence-electron chi connectivity index (χ3n) is 3.53. The van der Waals surface area contributed by atoms with E-state index < -0.39 is 0 Å². The quantitative estimate of drug-likeness (QED) is 0.804. The summed E-state index contributed by atoms with van der Waals surface area (Å²) in [6, 6.07) is 4.42. The van der Waals surface area contributed by atoms with E-state index in [-0.39, 0.29) is 0 Å². The maximum Gasteiger partial charge on any atom is 0.114 e. The molecule has 3 heterocycles. The van der Waals surface area contributed by atoms with E-state index in [9.17, 15) is 0 Å². The molecule has 0 bridgehead atoms. The van der Waals surface area contributed by atoms with Crippen LogP contribution >= 0.6 is 0 Å². The molecular weight excluding hydrogens is 226 g/mol. The number of piperidine rings is 1. The minimum absolute atomic E-state index is 0.485. The van der Waals surface area contributed by atoms with E-state index in [4.69, 9.17) is 0 Å². The zero-order valence-electron chi connectivity index (χ0n) is 10.5. The van der Waals surface area contributed by atoms with Gasteiger partial charge in [0, 0.05) is 18.0 Å². The number of aromatic nitrogens is 4. The van der Waals surface area contributed by atoms with Crippen LogP contribution in [0.2, 0.25) is 0 Å². The zero-order chi connectivity index (χ0) is 12.4. The third-order valence-corrected chi connectivity index (χ3v) is 3.53. The summed E-state index contributed by atoms with van der Waals surface area (Å²) in [5.41, 5.74) is 1.93. The van der Waals surface area contributed by atoms with E-state index >= 15 is 0 Å². The molecule has 0 aromatic carbocycles. The van der Waals surface area contributed by atoms with Gasteiger partial charge >= 0.3 is 0 Å². The lowest BCUT2D eigenvalue weighted by Crippen LogP contribution is -2.31. The predicted molar refractivity (Wildman–Crippen MR) is 69.0 cm³/mol. The van der Waals surface area contributed by atoms with Crippen molar-refractivity contribution in [2.24, 2.45) is 0 Å². The van der Waals surface area contributed by atoms with Crippen LogP contribution in [0.4, 0.5) is 0 Å². The van der Waals surface area contributed by atoms with Gasteiger partial charge in [-0.1, -0.05) is 5.21 Å². The Labute approximate surface area is 106 Å². The molecule has 1 fully saturated rings. The van der Waals surface area contributed by atoms with E-state index in [1.807, 2.05) is 29.2 Å². The lowest BCUT2D eigenvalue weighted by molar-refractivity contribution is 0.210. The van der Waals surface area contributed by atoms with Crippen molar-refractivity contribution in [1.82, 2.24) is 24.9 Å². The lowest BCUT2D eigenvalue weighted by atomic mass is 10.1. The summed E-state index contributed by atoms with van der Waals surface area (Å²) in [6.07, 6.45) is 7.92. The van der Waals surface area contributed by atoms with E-state index in [1.165, 1.54) is 0 Å². The Balaban J connectivity index is 1.78. The van der Waals surface area contributed by atoms with Gasteiger partial charge in [-0.05, 0) is 45.1 Å². The minimum Gasteiger partial charge on any atom is -0.306 e. The van der Waals surface area contributed by atoms with Gasteiger partial charge in [0.25, 0.3) is 0 Å². The molecule has 0 radical (unpaired) electrons. The minimum atomic E-state index is 0.485. The summed E-state index contributed by atoms with van der Waals surface area (Å²) in [4.78, 5) is 6.47. The maximum atomic E-state index is 4.26. The van der Waals surface area contributed by atoms with Crippen molar-refractivity contribution in [3.8, 4) is 11.3 Å². The molecule has 3 rings (SSSR count). The second-order valence-corrected chi connectivity index (χ2v) is 4.86. The lowest BCUT2D eigenvalue weighted by Gasteiger charge is -2.28. The number of pyridine rings is 1. The van der Waals surface area contributed by atoms with Crippen LogP contribution in [0.5, 0.6) is 0 Å². The highest BCUT2D eigenvalue weighted by molar-refractivity contribution is 5.55. The van der Waals surface area contributed by atoms with Crippen molar-refractivity contribution in [1.29, 1.82) is 0 Å². The first kappa shape index (κ1) is 11.3. The highest BCUT2D eigenvalue weighted by Crippen LogP contribution is 2.22. The Hall–Kier alpha value is -1.75. The summed E-state index contributed by atoms with van der Waals surface area (Å²) in [7, 11) is 2.17. The Morgan fingerprint density at radius 3 is 2.83 bits per heavy atom. The smallest absolute Gasteiger partial charge is 0.114 e. The van der Waals surface area contributed by atoms with Crippen molar-refractivity contribution in [3.05, 3.63) is 30.7 Å². The molecule has 0 unspecified atom stereocenters. The average Bonchev–Trinajstić information content (AvgIpc) is 2.90. The largest absolute Gasteiger partial charge is 0.306 e. The van der Waals surface area contributed by atoms with Gasteiger partial charge in [-0.15, -0.1) is 5.10 Å². The molecule has 1 aliphatic rings. The first-order valence-corrected chi connectivity index (χ1v) is 6.34. The number of hydrogen-bond donors (Lipinski definition) is 0. The molecule has 1 saturated heterocycles. The van der Waals surface area contributed by atoms with E-state index in [0.717, 1.165) is 37.2 Å².